The molecule has 36 valence electrons. The average molecular weight is 106 g/mol. The Morgan fingerprint density at radius 1 is 1.17 bits per heavy atom. The van der Waals surface area contributed by atoms with Crippen molar-refractivity contribution in [2.24, 2.45) is 0 Å². The molecular formula is C4H8FP. The van der Waals surface area contributed by atoms with Crippen molar-refractivity contribution in [3.8, 4) is 0 Å². The van der Waals surface area contributed by atoms with Crippen molar-refractivity contribution >= 4 is 8.23 Å². The lowest BCUT2D eigenvalue weighted by molar-refractivity contribution is 0.894. The van der Waals surface area contributed by atoms with Crippen LogP contribution in [0.15, 0.2) is 0 Å². The van der Waals surface area contributed by atoms with Crippen LogP contribution in [0.5, 0.6) is 0 Å². The summed E-state index contributed by atoms with van der Waals surface area (Å²) in [5.41, 5.74) is 0. The first-order chi connectivity index (χ1) is 2.89. The zero-order valence-electron chi connectivity index (χ0n) is 3.65. The van der Waals surface area contributed by atoms with E-state index in [1.165, 1.54) is 0 Å². The second kappa shape index (κ2) is 1.88. The molecule has 0 aromatic rings. The van der Waals surface area contributed by atoms with E-state index in [4.69, 9.17) is 0 Å². The van der Waals surface area contributed by atoms with Crippen molar-refractivity contribution in [3.63, 3.8) is 0 Å². The highest BCUT2D eigenvalue weighted by atomic mass is 31.2. The average Bonchev–Trinajstić information content (AvgIpc) is 1.86. The van der Waals surface area contributed by atoms with Gasteiger partial charge in [-0.2, -0.15) is 0 Å². The minimum Gasteiger partial charge on any atom is -0.227 e. The van der Waals surface area contributed by atoms with Gasteiger partial charge in [0.25, 0.3) is 0 Å². The summed E-state index contributed by atoms with van der Waals surface area (Å²) in [6.45, 7) is 0. The van der Waals surface area contributed by atoms with Crippen LogP contribution in [0.4, 0.5) is 4.20 Å². The van der Waals surface area contributed by atoms with E-state index < -0.39 is 8.23 Å². The lowest BCUT2D eigenvalue weighted by Gasteiger charge is -1.86. The molecule has 0 amide bonds. The highest BCUT2D eigenvalue weighted by Crippen LogP contribution is 2.44. The highest BCUT2D eigenvalue weighted by molar-refractivity contribution is 7.52. The molecule has 1 rings (SSSR count). The molecule has 0 N–H and O–H groups in total. The molecule has 0 saturated carbocycles. The molecule has 0 atom stereocenters. The number of hydrogen-bond donors (Lipinski definition) is 0. The predicted octanol–water partition coefficient (Wildman–Crippen LogP) is 2.15. The Bertz CT molecular complexity index is 40.8. The zero-order chi connectivity index (χ0) is 4.41. The molecule has 0 aliphatic carbocycles. The molecule has 1 aliphatic rings. The first-order valence-electron chi connectivity index (χ1n) is 2.30. The van der Waals surface area contributed by atoms with Crippen LogP contribution in [0.1, 0.15) is 12.8 Å². The molecule has 1 fully saturated rings. The van der Waals surface area contributed by atoms with Crippen molar-refractivity contribution < 1.29 is 4.20 Å². The summed E-state index contributed by atoms with van der Waals surface area (Å²) in [5, 5.41) is 0. The maximum absolute atomic E-state index is 12.0. The molecule has 0 spiro atoms. The lowest BCUT2D eigenvalue weighted by Crippen LogP contribution is -1.59. The van der Waals surface area contributed by atoms with Crippen molar-refractivity contribution in [2.45, 2.75) is 12.8 Å². The minimum atomic E-state index is -0.965. The van der Waals surface area contributed by atoms with Crippen LogP contribution < -0.4 is 0 Å². The van der Waals surface area contributed by atoms with Gasteiger partial charge in [0.05, 0.1) is 8.23 Å². The van der Waals surface area contributed by atoms with Gasteiger partial charge in [0.15, 0.2) is 0 Å². The summed E-state index contributed by atoms with van der Waals surface area (Å²) in [6.07, 6.45) is 4.05. The third kappa shape index (κ3) is 0.909. The molecule has 0 radical (unpaired) electrons. The summed E-state index contributed by atoms with van der Waals surface area (Å²) < 4.78 is 12.0. The van der Waals surface area contributed by atoms with Crippen molar-refractivity contribution in [1.29, 1.82) is 0 Å². The third-order valence-electron chi connectivity index (χ3n) is 1.05. The van der Waals surface area contributed by atoms with Crippen molar-refractivity contribution in [2.75, 3.05) is 12.3 Å². The second-order valence-corrected chi connectivity index (χ2v) is 3.44. The number of rotatable bonds is 0. The monoisotopic (exact) mass is 106 g/mol. The summed E-state index contributed by atoms with van der Waals surface area (Å²) in [4.78, 5) is 0. The molecule has 1 saturated heterocycles. The van der Waals surface area contributed by atoms with E-state index in [2.05, 4.69) is 0 Å². The Morgan fingerprint density at radius 2 is 1.67 bits per heavy atom. The van der Waals surface area contributed by atoms with E-state index in [9.17, 15) is 4.20 Å². The van der Waals surface area contributed by atoms with Crippen LogP contribution in [-0.2, 0) is 0 Å². The first-order valence-corrected chi connectivity index (χ1v) is 3.90. The van der Waals surface area contributed by atoms with Gasteiger partial charge in [-0.25, -0.2) is 4.20 Å². The Balaban J connectivity index is 2.18. The SMILES string of the molecule is FP1CCCC1. The smallest absolute Gasteiger partial charge is 0.0813 e. The fourth-order valence-corrected chi connectivity index (χ4v) is 2.04. The summed E-state index contributed by atoms with van der Waals surface area (Å²) in [5.74, 6) is 0. The Kier molecular flexibility index (Phi) is 1.42. The van der Waals surface area contributed by atoms with Crippen LogP contribution in [0.25, 0.3) is 0 Å². The normalized spacial score (nSPS) is 25.5. The van der Waals surface area contributed by atoms with Crippen LogP contribution in [-0.4, -0.2) is 12.3 Å². The van der Waals surface area contributed by atoms with Gasteiger partial charge in [-0.05, 0) is 25.2 Å². The summed E-state index contributed by atoms with van der Waals surface area (Å²) in [7, 11) is -0.965. The second-order valence-electron chi connectivity index (χ2n) is 1.62. The van der Waals surface area contributed by atoms with Gasteiger partial charge in [0.1, 0.15) is 0 Å². The standard InChI is InChI=1S/C4H8FP/c5-6-3-1-2-4-6/h1-4H2. The quantitative estimate of drug-likeness (QED) is 0.415. The summed E-state index contributed by atoms with van der Waals surface area (Å²) in [6, 6.07) is 0. The summed E-state index contributed by atoms with van der Waals surface area (Å²) >= 11 is 0. The molecule has 1 aliphatic heterocycles. The molecule has 0 bridgehead atoms. The fourth-order valence-electron chi connectivity index (χ4n) is 0.679. The van der Waals surface area contributed by atoms with Crippen molar-refractivity contribution in [1.82, 2.24) is 0 Å². The van der Waals surface area contributed by atoms with Gasteiger partial charge >= 0.3 is 0 Å². The van der Waals surface area contributed by atoms with Gasteiger partial charge in [0, 0.05) is 0 Å². The van der Waals surface area contributed by atoms with Gasteiger partial charge in [-0.3, -0.25) is 0 Å². The van der Waals surface area contributed by atoms with Gasteiger partial charge in [0.2, 0.25) is 0 Å². The van der Waals surface area contributed by atoms with Crippen molar-refractivity contribution in [3.05, 3.63) is 0 Å². The molecule has 0 aromatic heterocycles. The lowest BCUT2D eigenvalue weighted by atomic mass is 10.4. The van der Waals surface area contributed by atoms with Crippen LogP contribution in [0.3, 0.4) is 0 Å². The fraction of sp³-hybridized carbons (Fsp3) is 1.00. The van der Waals surface area contributed by atoms with Crippen LogP contribution in [0, 0.1) is 0 Å². The van der Waals surface area contributed by atoms with E-state index in [0.29, 0.717) is 0 Å². The van der Waals surface area contributed by atoms with E-state index in [1.807, 2.05) is 0 Å². The number of hydrogen-bond acceptors (Lipinski definition) is 0. The predicted molar refractivity (Wildman–Crippen MR) is 27.0 cm³/mol. The highest BCUT2D eigenvalue weighted by Gasteiger charge is 2.11. The molecule has 0 aromatic carbocycles. The largest absolute Gasteiger partial charge is 0.227 e. The topological polar surface area (TPSA) is 0 Å². The van der Waals surface area contributed by atoms with Crippen LogP contribution >= 0.6 is 8.23 Å². The van der Waals surface area contributed by atoms with Gasteiger partial charge in [-0.1, -0.05) is 0 Å². The minimum absolute atomic E-state index is 0.884. The molecule has 0 nitrogen and oxygen atoms in total. The number of halogens is 1. The van der Waals surface area contributed by atoms with E-state index in [-0.39, 0.29) is 0 Å². The van der Waals surface area contributed by atoms with Crippen LogP contribution in [0.2, 0.25) is 0 Å². The maximum Gasteiger partial charge on any atom is 0.0813 e. The Labute approximate surface area is 38.6 Å². The Hall–Kier alpha value is 0.360. The maximum atomic E-state index is 12.0. The molecule has 0 unspecified atom stereocenters. The van der Waals surface area contributed by atoms with E-state index in [1.54, 1.807) is 0 Å². The van der Waals surface area contributed by atoms with Gasteiger partial charge in [-0.15, -0.1) is 0 Å². The molecule has 1 heterocycles. The third-order valence-corrected chi connectivity index (χ3v) is 2.65. The first kappa shape index (κ1) is 4.52. The van der Waals surface area contributed by atoms with E-state index >= 15 is 0 Å². The molecular weight excluding hydrogens is 98.0 g/mol. The Morgan fingerprint density at radius 3 is 1.83 bits per heavy atom. The zero-order valence-corrected chi connectivity index (χ0v) is 4.55. The van der Waals surface area contributed by atoms with Gasteiger partial charge < -0.3 is 0 Å². The molecule has 2 heteroatoms. The van der Waals surface area contributed by atoms with E-state index in [0.717, 1.165) is 25.2 Å². The molecule has 6 heavy (non-hydrogen) atoms.